The van der Waals surface area contributed by atoms with Gasteiger partial charge in [-0.2, -0.15) is 0 Å². The molecule has 3 heteroatoms. The summed E-state index contributed by atoms with van der Waals surface area (Å²) >= 11 is 6.99. The summed E-state index contributed by atoms with van der Waals surface area (Å²) in [6.45, 7) is 4.18. The molecule has 2 aromatic carbocycles. The van der Waals surface area contributed by atoms with Gasteiger partial charge in [0, 0.05) is 8.95 Å². The van der Waals surface area contributed by atoms with E-state index in [1.54, 1.807) is 0 Å². The van der Waals surface area contributed by atoms with Crippen molar-refractivity contribution in [3.63, 3.8) is 0 Å². The molecule has 2 N–H and O–H groups in total. The number of benzene rings is 2. The second-order valence-electron chi connectivity index (χ2n) is 4.49. The molecule has 0 bridgehead atoms. The highest BCUT2D eigenvalue weighted by Crippen LogP contribution is 2.28. The van der Waals surface area contributed by atoms with E-state index in [1.165, 1.54) is 16.7 Å². The monoisotopic (exact) mass is 367 g/mol. The lowest BCUT2D eigenvalue weighted by molar-refractivity contribution is 0.858. The van der Waals surface area contributed by atoms with Gasteiger partial charge < -0.3 is 5.73 Å². The quantitative estimate of drug-likeness (QED) is 0.803. The lowest BCUT2D eigenvalue weighted by Gasteiger charge is -2.17. The summed E-state index contributed by atoms with van der Waals surface area (Å²) in [7, 11) is 0. The zero-order chi connectivity index (χ0) is 13.3. The molecule has 0 radical (unpaired) electrons. The Kier molecular flexibility index (Phi) is 4.25. The summed E-state index contributed by atoms with van der Waals surface area (Å²) in [6, 6.07) is 12.4. The van der Waals surface area contributed by atoms with E-state index in [0.717, 1.165) is 14.5 Å². The smallest absolute Gasteiger partial charge is 0.0554 e. The van der Waals surface area contributed by atoms with Crippen LogP contribution in [0.3, 0.4) is 0 Å². The molecule has 18 heavy (non-hydrogen) atoms. The highest BCUT2D eigenvalue weighted by Gasteiger charge is 2.12. The van der Waals surface area contributed by atoms with Gasteiger partial charge in [0.1, 0.15) is 0 Å². The summed E-state index contributed by atoms with van der Waals surface area (Å²) in [5.74, 6) is 0. The van der Waals surface area contributed by atoms with Crippen molar-refractivity contribution in [3.8, 4) is 0 Å². The minimum atomic E-state index is -0.0788. The second kappa shape index (κ2) is 5.55. The van der Waals surface area contributed by atoms with Gasteiger partial charge in [-0.05, 0) is 54.3 Å². The molecule has 0 saturated heterocycles. The molecule has 0 fully saturated rings. The molecule has 2 rings (SSSR count). The average molecular weight is 369 g/mol. The standard InChI is InChI=1S/C15H15Br2N/c1-9-8-14(17)10(2)7-13(9)15(18)11-3-5-12(16)6-4-11/h3-8,15H,18H2,1-2H3. The van der Waals surface area contributed by atoms with Crippen LogP contribution in [0.15, 0.2) is 45.3 Å². The molecular weight excluding hydrogens is 354 g/mol. The van der Waals surface area contributed by atoms with E-state index in [1.807, 2.05) is 12.1 Å². The molecular formula is C15H15Br2N. The Morgan fingerprint density at radius 3 is 2.17 bits per heavy atom. The van der Waals surface area contributed by atoms with Crippen LogP contribution in [-0.2, 0) is 0 Å². The number of hydrogen-bond acceptors (Lipinski definition) is 1. The zero-order valence-electron chi connectivity index (χ0n) is 10.4. The fraction of sp³-hybridized carbons (Fsp3) is 0.200. The maximum atomic E-state index is 6.36. The first kappa shape index (κ1) is 13.8. The second-order valence-corrected chi connectivity index (χ2v) is 6.26. The van der Waals surface area contributed by atoms with Crippen molar-refractivity contribution in [1.82, 2.24) is 0 Å². The molecule has 1 unspecified atom stereocenters. The number of hydrogen-bond donors (Lipinski definition) is 1. The topological polar surface area (TPSA) is 26.0 Å². The van der Waals surface area contributed by atoms with Crippen LogP contribution in [0.1, 0.15) is 28.3 Å². The fourth-order valence-electron chi connectivity index (χ4n) is 1.99. The van der Waals surface area contributed by atoms with E-state index >= 15 is 0 Å². The Balaban J connectivity index is 2.42. The molecule has 0 aliphatic carbocycles. The van der Waals surface area contributed by atoms with Gasteiger partial charge in [-0.25, -0.2) is 0 Å². The molecule has 2 aromatic rings. The average Bonchev–Trinajstić information content (AvgIpc) is 2.34. The molecule has 1 nitrogen and oxygen atoms in total. The van der Waals surface area contributed by atoms with E-state index in [9.17, 15) is 0 Å². The van der Waals surface area contributed by atoms with Gasteiger partial charge in [-0.15, -0.1) is 0 Å². The molecule has 0 saturated carbocycles. The number of nitrogens with two attached hydrogens (primary N) is 1. The van der Waals surface area contributed by atoms with Gasteiger partial charge >= 0.3 is 0 Å². The van der Waals surface area contributed by atoms with Crippen LogP contribution < -0.4 is 5.73 Å². The van der Waals surface area contributed by atoms with Crippen LogP contribution in [0.2, 0.25) is 0 Å². The lowest BCUT2D eigenvalue weighted by atomic mass is 9.94. The van der Waals surface area contributed by atoms with E-state index in [-0.39, 0.29) is 6.04 Å². The summed E-state index contributed by atoms with van der Waals surface area (Å²) < 4.78 is 2.20. The Bertz CT molecular complexity index is 561. The fourth-order valence-corrected chi connectivity index (χ4v) is 2.71. The molecule has 0 spiro atoms. The van der Waals surface area contributed by atoms with Crippen molar-refractivity contribution in [2.75, 3.05) is 0 Å². The predicted molar refractivity (Wildman–Crippen MR) is 83.8 cm³/mol. The SMILES string of the molecule is Cc1cc(C(N)c2ccc(Br)cc2)c(C)cc1Br. The summed E-state index contributed by atoms with van der Waals surface area (Å²) in [5.41, 5.74) is 11.1. The van der Waals surface area contributed by atoms with Crippen molar-refractivity contribution in [3.05, 3.63) is 67.6 Å². The van der Waals surface area contributed by atoms with Gasteiger partial charge in [-0.1, -0.05) is 50.1 Å². The highest BCUT2D eigenvalue weighted by atomic mass is 79.9. The first-order valence-corrected chi connectivity index (χ1v) is 7.35. The minimum absolute atomic E-state index is 0.0788. The minimum Gasteiger partial charge on any atom is -0.320 e. The van der Waals surface area contributed by atoms with E-state index in [2.05, 4.69) is 70.0 Å². The van der Waals surface area contributed by atoms with Gasteiger partial charge in [0.05, 0.1) is 6.04 Å². The van der Waals surface area contributed by atoms with Crippen molar-refractivity contribution in [1.29, 1.82) is 0 Å². The van der Waals surface area contributed by atoms with Gasteiger partial charge in [-0.3, -0.25) is 0 Å². The Hall–Kier alpha value is -0.640. The molecule has 94 valence electrons. The molecule has 1 atom stereocenters. The highest BCUT2D eigenvalue weighted by molar-refractivity contribution is 9.10. The predicted octanol–water partition coefficient (Wildman–Crippen LogP) is 4.88. The van der Waals surface area contributed by atoms with Gasteiger partial charge in [0.2, 0.25) is 0 Å². The summed E-state index contributed by atoms with van der Waals surface area (Å²) in [4.78, 5) is 0. The first-order chi connectivity index (χ1) is 8.49. The van der Waals surface area contributed by atoms with Crippen molar-refractivity contribution < 1.29 is 0 Å². The van der Waals surface area contributed by atoms with Crippen molar-refractivity contribution in [2.24, 2.45) is 5.73 Å². The first-order valence-electron chi connectivity index (χ1n) is 5.76. The lowest BCUT2D eigenvalue weighted by Crippen LogP contribution is -2.13. The van der Waals surface area contributed by atoms with Crippen LogP contribution >= 0.6 is 31.9 Å². The normalized spacial score (nSPS) is 12.5. The third kappa shape index (κ3) is 2.85. The molecule has 0 aromatic heterocycles. The summed E-state index contributed by atoms with van der Waals surface area (Å²) in [6.07, 6.45) is 0. The van der Waals surface area contributed by atoms with E-state index in [0.29, 0.717) is 0 Å². The van der Waals surface area contributed by atoms with E-state index in [4.69, 9.17) is 5.73 Å². The molecule has 0 amide bonds. The molecule has 0 aliphatic heterocycles. The number of aryl methyl sites for hydroxylation is 2. The van der Waals surface area contributed by atoms with Crippen molar-refractivity contribution in [2.45, 2.75) is 19.9 Å². The Morgan fingerprint density at radius 1 is 0.944 bits per heavy atom. The number of rotatable bonds is 2. The van der Waals surface area contributed by atoms with Crippen LogP contribution in [0.25, 0.3) is 0 Å². The largest absolute Gasteiger partial charge is 0.320 e. The zero-order valence-corrected chi connectivity index (χ0v) is 13.5. The Labute approximate surface area is 125 Å². The third-order valence-electron chi connectivity index (χ3n) is 3.11. The summed E-state index contributed by atoms with van der Waals surface area (Å²) in [5, 5.41) is 0. The van der Waals surface area contributed by atoms with E-state index < -0.39 is 0 Å². The maximum Gasteiger partial charge on any atom is 0.0554 e. The number of halogens is 2. The van der Waals surface area contributed by atoms with Gasteiger partial charge in [0.25, 0.3) is 0 Å². The molecule has 0 aliphatic rings. The maximum absolute atomic E-state index is 6.36. The molecule has 0 heterocycles. The van der Waals surface area contributed by atoms with Gasteiger partial charge in [0.15, 0.2) is 0 Å². The third-order valence-corrected chi connectivity index (χ3v) is 4.49. The Morgan fingerprint density at radius 2 is 1.56 bits per heavy atom. The van der Waals surface area contributed by atoms with Crippen LogP contribution in [0.5, 0.6) is 0 Å². The van der Waals surface area contributed by atoms with Crippen LogP contribution in [0.4, 0.5) is 0 Å². The van der Waals surface area contributed by atoms with Crippen molar-refractivity contribution >= 4 is 31.9 Å². The van der Waals surface area contributed by atoms with Crippen LogP contribution in [-0.4, -0.2) is 0 Å². The van der Waals surface area contributed by atoms with Crippen LogP contribution in [0, 0.1) is 13.8 Å².